The van der Waals surface area contributed by atoms with Gasteiger partial charge in [0.1, 0.15) is 0 Å². The summed E-state index contributed by atoms with van der Waals surface area (Å²) in [4.78, 5) is 0. The van der Waals surface area contributed by atoms with Crippen molar-refractivity contribution in [3.05, 3.63) is 23.8 Å². The van der Waals surface area contributed by atoms with Crippen LogP contribution in [0.5, 0.6) is 11.5 Å². The van der Waals surface area contributed by atoms with E-state index < -0.39 is 0 Å². The number of aryl methyl sites for hydroxylation is 1. The van der Waals surface area contributed by atoms with Crippen molar-refractivity contribution < 1.29 is 9.84 Å². The minimum Gasteiger partial charge on any atom is -0.504 e. The van der Waals surface area contributed by atoms with Crippen molar-refractivity contribution in [1.29, 1.82) is 0 Å². The molecule has 1 radical (unpaired) electrons. The van der Waals surface area contributed by atoms with E-state index in [9.17, 15) is 0 Å². The highest BCUT2D eigenvalue weighted by atomic mass is 16.5. The lowest BCUT2D eigenvalue weighted by atomic mass is 10.2. The Kier molecular flexibility index (Phi) is 1.81. The van der Waals surface area contributed by atoms with Gasteiger partial charge in [0, 0.05) is 6.07 Å². The van der Waals surface area contributed by atoms with Crippen LogP contribution < -0.4 is 4.74 Å². The van der Waals surface area contributed by atoms with Crippen LogP contribution in [0.4, 0.5) is 0 Å². The van der Waals surface area contributed by atoms with Crippen molar-refractivity contribution >= 4 is 0 Å². The first-order valence-electron chi connectivity index (χ1n) is 2.99. The molecular formula is C8H9O2. The van der Waals surface area contributed by atoms with Crippen molar-refractivity contribution in [3.8, 4) is 11.5 Å². The molecule has 0 aromatic heterocycles. The summed E-state index contributed by atoms with van der Waals surface area (Å²) in [6.07, 6.45) is 0. The molecule has 0 heterocycles. The van der Waals surface area contributed by atoms with Crippen LogP contribution in [0.1, 0.15) is 5.56 Å². The molecule has 1 aromatic rings. The lowest BCUT2D eigenvalue weighted by Gasteiger charge is -2.01. The van der Waals surface area contributed by atoms with Gasteiger partial charge in [-0.15, -0.1) is 0 Å². The summed E-state index contributed by atoms with van der Waals surface area (Å²) in [5, 5.41) is 9.05. The maximum absolute atomic E-state index is 9.05. The van der Waals surface area contributed by atoms with Gasteiger partial charge in [-0.3, -0.25) is 0 Å². The molecule has 0 atom stereocenters. The fraction of sp³-hybridized carbons (Fsp3) is 0.250. The van der Waals surface area contributed by atoms with Crippen LogP contribution in [0.3, 0.4) is 0 Å². The minimum atomic E-state index is 0.0631. The number of rotatable bonds is 1. The molecule has 10 heavy (non-hydrogen) atoms. The molecule has 0 saturated heterocycles. The normalized spacial score (nSPS) is 9.40. The highest BCUT2D eigenvalue weighted by Gasteiger charge is 1.98. The number of methoxy groups -OCH3 is 1. The monoisotopic (exact) mass is 137 g/mol. The molecular weight excluding hydrogens is 128 g/mol. The van der Waals surface area contributed by atoms with Gasteiger partial charge in [-0.25, -0.2) is 0 Å². The average molecular weight is 137 g/mol. The molecule has 0 bridgehead atoms. The zero-order chi connectivity index (χ0) is 7.56. The van der Waals surface area contributed by atoms with Crippen LogP contribution in [0, 0.1) is 13.0 Å². The van der Waals surface area contributed by atoms with Crippen LogP contribution in [-0.4, -0.2) is 12.2 Å². The third kappa shape index (κ3) is 1.21. The van der Waals surface area contributed by atoms with Gasteiger partial charge in [0.25, 0.3) is 0 Å². The molecule has 0 aliphatic heterocycles. The van der Waals surface area contributed by atoms with Gasteiger partial charge in [0.2, 0.25) is 0 Å². The number of ether oxygens (including phenoxy) is 1. The number of hydrogen-bond acceptors (Lipinski definition) is 2. The Bertz CT molecular complexity index is 231. The SMILES string of the molecule is COc1cc(C)c[c]c1O. The quantitative estimate of drug-likeness (QED) is 0.635. The lowest BCUT2D eigenvalue weighted by molar-refractivity contribution is 0.372. The highest BCUT2D eigenvalue weighted by Crippen LogP contribution is 2.24. The zero-order valence-electron chi connectivity index (χ0n) is 6.01. The van der Waals surface area contributed by atoms with Gasteiger partial charge in [0.15, 0.2) is 11.5 Å². The molecule has 1 rings (SSSR count). The summed E-state index contributed by atoms with van der Waals surface area (Å²) >= 11 is 0. The Labute approximate surface area is 60.1 Å². The van der Waals surface area contributed by atoms with Crippen LogP contribution in [0.15, 0.2) is 12.1 Å². The van der Waals surface area contributed by atoms with E-state index >= 15 is 0 Å². The fourth-order valence-corrected chi connectivity index (χ4v) is 0.726. The Morgan fingerprint density at radius 2 is 2.30 bits per heavy atom. The van der Waals surface area contributed by atoms with E-state index in [0.717, 1.165) is 5.56 Å². The van der Waals surface area contributed by atoms with Gasteiger partial charge in [-0.1, -0.05) is 0 Å². The lowest BCUT2D eigenvalue weighted by Crippen LogP contribution is -1.83. The Hall–Kier alpha value is -1.18. The molecule has 1 N–H and O–H groups in total. The van der Waals surface area contributed by atoms with Crippen LogP contribution in [0.2, 0.25) is 0 Å². The molecule has 0 fully saturated rings. The topological polar surface area (TPSA) is 29.5 Å². The summed E-state index contributed by atoms with van der Waals surface area (Å²) in [6, 6.07) is 6.11. The molecule has 1 aromatic carbocycles. The smallest absolute Gasteiger partial charge is 0.165 e. The largest absolute Gasteiger partial charge is 0.504 e. The number of phenols is 1. The van der Waals surface area contributed by atoms with Crippen molar-refractivity contribution in [2.45, 2.75) is 6.92 Å². The Balaban J connectivity index is 3.09. The Morgan fingerprint density at radius 1 is 1.60 bits per heavy atom. The summed E-state index contributed by atoms with van der Waals surface area (Å²) < 4.78 is 4.84. The average Bonchev–Trinajstić information content (AvgIpc) is 1.94. The van der Waals surface area contributed by atoms with Crippen molar-refractivity contribution in [1.82, 2.24) is 0 Å². The standard InChI is InChI=1S/C8H9O2/c1-6-3-4-7(9)8(5-6)10-2/h3,5,9H,1-2H3. The molecule has 0 aliphatic carbocycles. The van der Waals surface area contributed by atoms with Crippen molar-refractivity contribution in [3.63, 3.8) is 0 Å². The van der Waals surface area contributed by atoms with E-state index in [-0.39, 0.29) is 5.75 Å². The van der Waals surface area contributed by atoms with E-state index in [1.807, 2.05) is 6.92 Å². The number of benzene rings is 1. The Morgan fingerprint density at radius 3 is 2.80 bits per heavy atom. The maximum Gasteiger partial charge on any atom is 0.165 e. The second-order valence-corrected chi connectivity index (χ2v) is 2.09. The third-order valence-electron chi connectivity index (χ3n) is 1.25. The highest BCUT2D eigenvalue weighted by molar-refractivity contribution is 5.40. The van der Waals surface area contributed by atoms with Crippen LogP contribution in [-0.2, 0) is 0 Å². The second kappa shape index (κ2) is 2.60. The molecule has 0 unspecified atom stereocenters. The number of aromatic hydroxyl groups is 1. The van der Waals surface area contributed by atoms with E-state index in [4.69, 9.17) is 9.84 Å². The predicted molar refractivity (Wildman–Crippen MR) is 38.2 cm³/mol. The van der Waals surface area contributed by atoms with Gasteiger partial charge < -0.3 is 9.84 Å². The molecule has 0 saturated carbocycles. The van der Waals surface area contributed by atoms with Gasteiger partial charge in [-0.05, 0) is 24.6 Å². The van der Waals surface area contributed by atoms with Gasteiger partial charge >= 0.3 is 0 Å². The molecule has 0 aliphatic rings. The first kappa shape index (κ1) is 6.93. The summed E-state index contributed by atoms with van der Waals surface area (Å²) in [5.74, 6) is 0.535. The number of hydrogen-bond donors (Lipinski definition) is 1. The molecule has 2 heteroatoms. The summed E-state index contributed by atoms with van der Waals surface area (Å²) in [7, 11) is 1.52. The molecule has 2 nitrogen and oxygen atoms in total. The zero-order valence-corrected chi connectivity index (χ0v) is 6.01. The second-order valence-electron chi connectivity index (χ2n) is 2.09. The van der Waals surface area contributed by atoms with E-state index in [0.29, 0.717) is 5.75 Å². The van der Waals surface area contributed by atoms with Crippen molar-refractivity contribution in [2.24, 2.45) is 0 Å². The van der Waals surface area contributed by atoms with Crippen LogP contribution in [0.25, 0.3) is 0 Å². The maximum atomic E-state index is 9.05. The molecule has 0 spiro atoms. The fourth-order valence-electron chi connectivity index (χ4n) is 0.726. The van der Waals surface area contributed by atoms with Crippen molar-refractivity contribution in [2.75, 3.05) is 7.11 Å². The minimum absolute atomic E-state index is 0.0631. The summed E-state index contributed by atoms with van der Waals surface area (Å²) in [5.41, 5.74) is 1.02. The van der Waals surface area contributed by atoms with Crippen LogP contribution >= 0.6 is 0 Å². The van der Waals surface area contributed by atoms with Gasteiger partial charge in [-0.2, -0.15) is 0 Å². The van der Waals surface area contributed by atoms with E-state index in [2.05, 4.69) is 6.07 Å². The number of phenolic OH excluding ortho intramolecular Hbond substituents is 1. The first-order chi connectivity index (χ1) is 4.74. The third-order valence-corrected chi connectivity index (χ3v) is 1.25. The summed E-state index contributed by atoms with van der Waals surface area (Å²) in [6.45, 7) is 1.92. The first-order valence-corrected chi connectivity index (χ1v) is 2.99. The molecule has 0 amide bonds. The van der Waals surface area contributed by atoms with E-state index in [1.165, 1.54) is 7.11 Å². The van der Waals surface area contributed by atoms with Gasteiger partial charge in [0.05, 0.1) is 7.11 Å². The molecule has 53 valence electrons. The van der Waals surface area contributed by atoms with E-state index in [1.54, 1.807) is 12.1 Å². The predicted octanol–water partition coefficient (Wildman–Crippen LogP) is 1.51.